The van der Waals surface area contributed by atoms with E-state index in [-0.39, 0.29) is 0 Å². The van der Waals surface area contributed by atoms with Crippen molar-refractivity contribution in [3.05, 3.63) is 67.3 Å². The van der Waals surface area contributed by atoms with Crippen molar-refractivity contribution in [2.45, 2.75) is 0 Å². The number of hydrogen-bond acceptors (Lipinski definition) is 5. The van der Waals surface area contributed by atoms with Crippen LogP contribution in [-0.2, 0) is 7.05 Å². The molecule has 8 heteroatoms. The van der Waals surface area contributed by atoms with Crippen LogP contribution >= 0.6 is 0 Å². The zero-order valence-electron chi connectivity index (χ0n) is 16.0. The minimum Gasteiger partial charge on any atom is -0.338 e. The lowest BCUT2D eigenvalue weighted by atomic mass is 10.1. The quantitative estimate of drug-likeness (QED) is 0.475. The Morgan fingerprint density at radius 2 is 1.93 bits per heavy atom. The maximum Gasteiger partial charge on any atom is 0.138 e. The maximum absolute atomic E-state index is 4.85. The third kappa shape index (κ3) is 2.58. The molecule has 0 aliphatic heterocycles. The smallest absolute Gasteiger partial charge is 0.138 e. The van der Waals surface area contributed by atoms with Crippen molar-refractivity contribution in [2.24, 2.45) is 7.05 Å². The number of aromatic nitrogens is 8. The third-order valence-electron chi connectivity index (χ3n) is 5.14. The fourth-order valence-corrected chi connectivity index (χ4v) is 3.70. The lowest BCUT2D eigenvalue weighted by Crippen LogP contribution is -1.86. The Kier molecular flexibility index (Phi) is 3.51. The van der Waals surface area contributed by atoms with Crippen LogP contribution in [0.15, 0.2) is 67.3 Å². The van der Waals surface area contributed by atoms with Gasteiger partial charge in [-0.05, 0) is 36.4 Å². The molecule has 2 N–H and O–H groups in total. The first-order valence-electron chi connectivity index (χ1n) is 9.50. The number of pyridine rings is 3. The standard InChI is InChI=1S/C22H16N8/c1-30-12-13(11-25-30)16-5-6-18-20(26-16)21(29-28-18)19-10-15-14(7-9-24-22(15)27-19)17-4-2-3-8-23-17/h2-12H,1H3,(H,24,27)(H,28,29). The fraction of sp³-hybridized carbons (Fsp3) is 0.0455. The SMILES string of the molecule is Cn1cc(-c2ccc3[nH]nc(-c4cc5c(-c6ccccn6)ccnc5[nH]4)c3n2)cn1. The monoisotopic (exact) mass is 392 g/mol. The first-order chi connectivity index (χ1) is 14.8. The zero-order valence-corrected chi connectivity index (χ0v) is 16.0. The molecule has 0 amide bonds. The van der Waals surface area contributed by atoms with Gasteiger partial charge in [0.25, 0.3) is 0 Å². The molecule has 0 radical (unpaired) electrons. The Balaban J connectivity index is 1.52. The molecule has 8 nitrogen and oxygen atoms in total. The lowest BCUT2D eigenvalue weighted by Gasteiger charge is -2.00. The second kappa shape index (κ2) is 6.35. The van der Waals surface area contributed by atoms with Crippen molar-refractivity contribution in [2.75, 3.05) is 0 Å². The van der Waals surface area contributed by atoms with E-state index in [2.05, 4.69) is 36.3 Å². The van der Waals surface area contributed by atoms with Gasteiger partial charge in [0.1, 0.15) is 16.9 Å². The first kappa shape index (κ1) is 16.6. The summed E-state index contributed by atoms with van der Waals surface area (Å²) < 4.78 is 1.76. The van der Waals surface area contributed by atoms with Crippen molar-refractivity contribution in [1.29, 1.82) is 0 Å². The van der Waals surface area contributed by atoms with Gasteiger partial charge in [-0.1, -0.05) is 6.07 Å². The van der Waals surface area contributed by atoms with Crippen molar-refractivity contribution in [3.8, 4) is 33.9 Å². The maximum atomic E-state index is 4.85. The second-order valence-electron chi connectivity index (χ2n) is 7.09. The van der Waals surface area contributed by atoms with Crippen LogP contribution in [0.2, 0.25) is 0 Å². The molecule has 6 aromatic heterocycles. The summed E-state index contributed by atoms with van der Waals surface area (Å²) in [5, 5.41) is 12.8. The first-order valence-corrected chi connectivity index (χ1v) is 9.50. The molecule has 0 atom stereocenters. The molecule has 0 bridgehead atoms. The molecular formula is C22H16N8. The van der Waals surface area contributed by atoms with Crippen LogP contribution < -0.4 is 0 Å². The third-order valence-corrected chi connectivity index (χ3v) is 5.14. The topological polar surface area (TPSA) is 101 Å². The van der Waals surface area contributed by atoms with E-state index in [0.717, 1.165) is 56.0 Å². The Hall–Kier alpha value is -4.33. The van der Waals surface area contributed by atoms with Gasteiger partial charge in [0.15, 0.2) is 0 Å². The minimum absolute atomic E-state index is 0.751. The Morgan fingerprint density at radius 3 is 2.77 bits per heavy atom. The van der Waals surface area contributed by atoms with Gasteiger partial charge in [-0.25, -0.2) is 9.97 Å². The summed E-state index contributed by atoms with van der Waals surface area (Å²) in [5.74, 6) is 0. The van der Waals surface area contributed by atoms with E-state index in [4.69, 9.17) is 4.98 Å². The molecule has 0 saturated carbocycles. The van der Waals surface area contributed by atoms with Gasteiger partial charge < -0.3 is 4.98 Å². The van der Waals surface area contributed by atoms with E-state index >= 15 is 0 Å². The molecule has 0 unspecified atom stereocenters. The number of nitrogens with zero attached hydrogens (tertiary/aromatic N) is 6. The number of aryl methyl sites for hydroxylation is 1. The van der Waals surface area contributed by atoms with E-state index < -0.39 is 0 Å². The number of fused-ring (bicyclic) bond motifs is 2. The highest BCUT2D eigenvalue weighted by atomic mass is 15.2. The average Bonchev–Trinajstić information content (AvgIpc) is 3.50. The van der Waals surface area contributed by atoms with Crippen LogP contribution in [0.25, 0.3) is 56.0 Å². The molecular weight excluding hydrogens is 376 g/mol. The molecule has 0 aromatic carbocycles. The van der Waals surface area contributed by atoms with Gasteiger partial charge in [0.05, 0.1) is 28.8 Å². The molecule has 0 aliphatic carbocycles. The van der Waals surface area contributed by atoms with Crippen molar-refractivity contribution in [1.82, 2.24) is 39.9 Å². The summed E-state index contributed by atoms with van der Waals surface area (Å²) in [7, 11) is 1.89. The van der Waals surface area contributed by atoms with Crippen LogP contribution in [0.5, 0.6) is 0 Å². The summed E-state index contributed by atoms with van der Waals surface area (Å²) >= 11 is 0. The summed E-state index contributed by atoms with van der Waals surface area (Å²) in [6, 6.07) is 13.9. The highest BCUT2D eigenvalue weighted by Gasteiger charge is 2.16. The van der Waals surface area contributed by atoms with Crippen LogP contribution in [0.1, 0.15) is 0 Å². The molecule has 6 aromatic rings. The van der Waals surface area contributed by atoms with Crippen molar-refractivity contribution < 1.29 is 0 Å². The highest BCUT2D eigenvalue weighted by molar-refractivity contribution is 5.98. The van der Waals surface area contributed by atoms with Gasteiger partial charge >= 0.3 is 0 Å². The Bertz CT molecular complexity index is 1510. The number of H-pyrrole nitrogens is 2. The summed E-state index contributed by atoms with van der Waals surface area (Å²) in [6.07, 6.45) is 7.33. The number of hydrogen-bond donors (Lipinski definition) is 2. The molecule has 30 heavy (non-hydrogen) atoms. The number of aromatic amines is 2. The van der Waals surface area contributed by atoms with Crippen LogP contribution in [0, 0.1) is 0 Å². The number of rotatable bonds is 3. The second-order valence-corrected chi connectivity index (χ2v) is 7.09. The van der Waals surface area contributed by atoms with Gasteiger partial charge in [0.2, 0.25) is 0 Å². The molecule has 6 rings (SSSR count). The van der Waals surface area contributed by atoms with Gasteiger partial charge in [0, 0.05) is 42.2 Å². The predicted molar refractivity (Wildman–Crippen MR) is 114 cm³/mol. The van der Waals surface area contributed by atoms with E-state index in [1.165, 1.54) is 0 Å². The molecule has 144 valence electrons. The summed E-state index contributed by atoms with van der Waals surface area (Å²) in [4.78, 5) is 17.2. The molecule has 0 saturated heterocycles. The largest absolute Gasteiger partial charge is 0.338 e. The average molecular weight is 392 g/mol. The van der Waals surface area contributed by atoms with Crippen LogP contribution in [0.4, 0.5) is 0 Å². The van der Waals surface area contributed by atoms with Gasteiger partial charge in [-0.3, -0.25) is 14.8 Å². The van der Waals surface area contributed by atoms with Gasteiger partial charge in [-0.15, -0.1) is 0 Å². The normalized spacial score (nSPS) is 11.5. The van der Waals surface area contributed by atoms with E-state index in [1.54, 1.807) is 23.3 Å². The van der Waals surface area contributed by atoms with Crippen molar-refractivity contribution in [3.63, 3.8) is 0 Å². The molecule has 0 aliphatic rings. The fourth-order valence-electron chi connectivity index (χ4n) is 3.70. The summed E-state index contributed by atoms with van der Waals surface area (Å²) in [5.41, 5.74) is 7.78. The Morgan fingerprint density at radius 1 is 0.967 bits per heavy atom. The molecule has 0 fully saturated rings. The number of nitrogens with one attached hydrogen (secondary N) is 2. The van der Waals surface area contributed by atoms with E-state index in [9.17, 15) is 0 Å². The van der Waals surface area contributed by atoms with Crippen molar-refractivity contribution >= 4 is 22.1 Å². The molecule has 6 heterocycles. The minimum atomic E-state index is 0.751. The lowest BCUT2D eigenvalue weighted by molar-refractivity contribution is 0.768. The van der Waals surface area contributed by atoms with E-state index in [0.29, 0.717) is 0 Å². The Labute approximate surface area is 170 Å². The summed E-state index contributed by atoms with van der Waals surface area (Å²) in [6.45, 7) is 0. The van der Waals surface area contributed by atoms with Gasteiger partial charge in [-0.2, -0.15) is 10.2 Å². The molecule has 0 spiro atoms. The zero-order chi connectivity index (χ0) is 20.1. The van der Waals surface area contributed by atoms with E-state index in [1.807, 2.05) is 49.6 Å². The highest BCUT2D eigenvalue weighted by Crippen LogP contribution is 2.32. The van der Waals surface area contributed by atoms with Crippen LogP contribution in [-0.4, -0.2) is 39.9 Å². The predicted octanol–water partition coefficient (Wildman–Crippen LogP) is 3.96. The van der Waals surface area contributed by atoms with Crippen LogP contribution in [0.3, 0.4) is 0 Å².